The molecule has 0 heterocycles. The molecule has 0 saturated heterocycles. The van der Waals surface area contributed by atoms with E-state index >= 15 is 0 Å². The molecular weight excluding hydrogens is 359 g/mol. The summed E-state index contributed by atoms with van der Waals surface area (Å²) in [4.78, 5) is 0. The number of fused-ring (bicyclic) bond motifs is 2. The standard InChI is InChI=1S/C15H18.Hf/c1-2-4-11-7-8-14-9-12-5-3-6-13(12)10-15(11)14;/h7-11H,2-6H2,1H3;. The van der Waals surface area contributed by atoms with Gasteiger partial charge in [-0.25, -0.2) is 0 Å². The summed E-state index contributed by atoms with van der Waals surface area (Å²) in [6.07, 6.45) is 11.3. The Bertz CT molecular complexity index is 418. The van der Waals surface area contributed by atoms with Crippen LogP contribution in [0.4, 0.5) is 0 Å². The summed E-state index contributed by atoms with van der Waals surface area (Å²) in [5.41, 5.74) is 6.32. The first kappa shape index (κ1) is 12.3. The van der Waals surface area contributed by atoms with Crippen LogP contribution in [-0.2, 0) is 38.7 Å². The maximum Gasteiger partial charge on any atom is 0.00272 e. The number of rotatable bonds is 2. The van der Waals surface area contributed by atoms with Crippen LogP contribution in [0.2, 0.25) is 0 Å². The van der Waals surface area contributed by atoms with Crippen molar-refractivity contribution in [3.63, 3.8) is 0 Å². The van der Waals surface area contributed by atoms with E-state index in [-0.39, 0.29) is 25.8 Å². The Morgan fingerprint density at radius 2 is 1.94 bits per heavy atom. The van der Waals surface area contributed by atoms with E-state index in [2.05, 4.69) is 31.2 Å². The Kier molecular flexibility index (Phi) is 3.84. The molecule has 1 aromatic rings. The molecule has 0 bridgehead atoms. The van der Waals surface area contributed by atoms with Gasteiger partial charge in [0.05, 0.1) is 0 Å². The molecule has 1 unspecified atom stereocenters. The zero-order valence-corrected chi connectivity index (χ0v) is 13.5. The Morgan fingerprint density at radius 1 is 1.19 bits per heavy atom. The first-order valence-electron chi connectivity index (χ1n) is 6.22. The fourth-order valence-electron chi connectivity index (χ4n) is 3.01. The molecule has 0 radical (unpaired) electrons. The molecule has 0 N–H and O–H groups in total. The number of hydrogen-bond donors (Lipinski definition) is 0. The van der Waals surface area contributed by atoms with Crippen molar-refractivity contribution in [2.75, 3.05) is 0 Å². The number of benzene rings is 1. The maximum atomic E-state index is 2.48. The van der Waals surface area contributed by atoms with E-state index in [0.29, 0.717) is 5.92 Å². The SMILES string of the molecule is CCCC1C=Cc2cc3c(cc21)CCC3.[Hf]. The summed E-state index contributed by atoms with van der Waals surface area (Å²) in [5, 5.41) is 0. The van der Waals surface area contributed by atoms with Gasteiger partial charge in [-0.2, -0.15) is 0 Å². The summed E-state index contributed by atoms with van der Waals surface area (Å²) >= 11 is 0. The molecule has 0 aliphatic heterocycles. The van der Waals surface area contributed by atoms with E-state index in [1.165, 1.54) is 37.7 Å². The summed E-state index contributed by atoms with van der Waals surface area (Å²) in [6, 6.07) is 4.92. The van der Waals surface area contributed by atoms with Crippen molar-refractivity contribution in [1.29, 1.82) is 0 Å². The van der Waals surface area contributed by atoms with E-state index in [1.807, 2.05) is 0 Å². The van der Waals surface area contributed by atoms with Crippen molar-refractivity contribution in [3.05, 3.63) is 40.5 Å². The molecule has 0 aromatic heterocycles. The third-order valence-electron chi connectivity index (χ3n) is 3.80. The molecular formula is C15H18Hf. The van der Waals surface area contributed by atoms with Gasteiger partial charge >= 0.3 is 0 Å². The van der Waals surface area contributed by atoms with Gasteiger partial charge in [0.1, 0.15) is 0 Å². The summed E-state index contributed by atoms with van der Waals surface area (Å²) in [6.45, 7) is 2.28. The largest absolute Gasteiger partial charge is 0.0764 e. The van der Waals surface area contributed by atoms with E-state index in [1.54, 1.807) is 16.7 Å². The molecule has 0 saturated carbocycles. The van der Waals surface area contributed by atoms with Crippen LogP contribution in [0.1, 0.15) is 54.4 Å². The number of allylic oxidation sites excluding steroid dienone is 1. The molecule has 2 aliphatic carbocycles. The van der Waals surface area contributed by atoms with Gasteiger partial charge in [0.2, 0.25) is 0 Å². The number of hydrogen-bond acceptors (Lipinski definition) is 0. The Morgan fingerprint density at radius 3 is 2.69 bits per heavy atom. The van der Waals surface area contributed by atoms with Crippen LogP contribution < -0.4 is 0 Å². The van der Waals surface area contributed by atoms with Crippen molar-refractivity contribution in [1.82, 2.24) is 0 Å². The van der Waals surface area contributed by atoms with E-state index in [9.17, 15) is 0 Å². The van der Waals surface area contributed by atoms with E-state index < -0.39 is 0 Å². The minimum absolute atomic E-state index is 0. The topological polar surface area (TPSA) is 0 Å². The van der Waals surface area contributed by atoms with Crippen molar-refractivity contribution < 1.29 is 25.8 Å². The summed E-state index contributed by atoms with van der Waals surface area (Å²) in [7, 11) is 0. The zero-order chi connectivity index (χ0) is 10.3. The molecule has 0 amide bonds. The molecule has 1 aromatic carbocycles. The first-order valence-corrected chi connectivity index (χ1v) is 6.22. The Labute approximate surface area is 117 Å². The normalized spacial score (nSPS) is 20.4. The van der Waals surface area contributed by atoms with Crippen LogP contribution in [0.3, 0.4) is 0 Å². The van der Waals surface area contributed by atoms with Gasteiger partial charge in [0.25, 0.3) is 0 Å². The number of aryl methyl sites for hydroxylation is 2. The minimum Gasteiger partial charge on any atom is -0.0764 e. The van der Waals surface area contributed by atoms with Crippen LogP contribution >= 0.6 is 0 Å². The molecule has 0 fully saturated rings. The molecule has 82 valence electrons. The third-order valence-corrected chi connectivity index (χ3v) is 3.80. The summed E-state index contributed by atoms with van der Waals surface area (Å²) < 4.78 is 0. The predicted octanol–water partition coefficient (Wildman–Crippen LogP) is 4.08. The minimum atomic E-state index is 0. The van der Waals surface area contributed by atoms with Crippen molar-refractivity contribution in [3.8, 4) is 0 Å². The van der Waals surface area contributed by atoms with Crippen LogP contribution in [-0.4, -0.2) is 0 Å². The van der Waals surface area contributed by atoms with Crippen molar-refractivity contribution in [2.45, 2.75) is 44.9 Å². The van der Waals surface area contributed by atoms with Gasteiger partial charge in [-0.15, -0.1) is 0 Å². The van der Waals surface area contributed by atoms with Crippen LogP contribution in [0.5, 0.6) is 0 Å². The van der Waals surface area contributed by atoms with Crippen molar-refractivity contribution >= 4 is 6.08 Å². The van der Waals surface area contributed by atoms with Gasteiger partial charge in [-0.1, -0.05) is 37.6 Å². The Hall–Kier alpha value is -0.170. The van der Waals surface area contributed by atoms with Gasteiger partial charge in [0, 0.05) is 31.8 Å². The second-order valence-electron chi connectivity index (χ2n) is 4.86. The fourth-order valence-corrected chi connectivity index (χ4v) is 3.01. The zero-order valence-electron chi connectivity index (χ0n) is 9.92. The smallest absolute Gasteiger partial charge is 0.00272 e. The Balaban J connectivity index is 0.000000963. The van der Waals surface area contributed by atoms with E-state index in [0.717, 1.165) is 0 Å². The molecule has 3 rings (SSSR count). The van der Waals surface area contributed by atoms with Gasteiger partial charge in [0.15, 0.2) is 0 Å². The quantitative estimate of drug-likeness (QED) is 0.682. The second kappa shape index (κ2) is 5.00. The molecule has 0 nitrogen and oxygen atoms in total. The van der Waals surface area contributed by atoms with Crippen molar-refractivity contribution in [2.24, 2.45) is 0 Å². The molecule has 1 heteroatoms. The molecule has 2 aliphatic rings. The average Bonchev–Trinajstić information content (AvgIpc) is 2.82. The molecule has 16 heavy (non-hydrogen) atoms. The first-order chi connectivity index (χ1) is 7.38. The monoisotopic (exact) mass is 378 g/mol. The van der Waals surface area contributed by atoms with Crippen LogP contribution in [0, 0.1) is 0 Å². The maximum absolute atomic E-state index is 2.48. The molecule has 1 atom stereocenters. The van der Waals surface area contributed by atoms with E-state index in [4.69, 9.17) is 0 Å². The van der Waals surface area contributed by atoms with Gasteiger partial charge in [-0.3, -0.25) is 0 Å². The fraction of sp³-hybridized carbons (Fsp3) is 0.467. The van der Waals surface area contributed by atoms with Gasteiger partial charge < -0.3 is 0 Å². The second-order valence-corrected chi connectivity index (χ2v) is 4.86. The van der Waals surface area contributed by atoms with Crippen LogP contribution in [0.15, 0.2) is 18.2 Å². The molecule has 0 spiro atoms. The average molecular weight is 377 g/mol. The predicted molar refractivity (Wildman–Crippen MR) is 65.2 cm³/mol. The van der Waals surface area contributed by atoms with Crippen LogP contribution in [0.25, 0.3) is 6.08 Å². The summed E-state index contributed by atoms with van der Waals surface area (Å²) in [5.74, 6) is 0.705. The third kappa shape index (κ3) is 1.99. The van der Waals surface area contributed by atoms with Gasteiger partial charge in [-0.05, 0) is 47.9 Å².